The van der Waals surface area contributed by atoms with Gasteiger partial charge in [0.05, 0.1) is 36.8 Å². The topological polar surface area (TPSA) is 64.3 Å². The first kappa shape index (κ1) is 24.8. The van der Waals surface area contributed by atoms with Gasteiger partial charge in [-0.2, -0.15) is 5.10 Å². The van der Waals surface area contributed by atoms with E-state index in [4.69, 9.17) is 21.4 Å². The molecule has 1 aliphatic heterocycles. The highest BCUT2D eigenvalue weighted by Crippen LogP contribution is 2.39. The molecule has 0 aliphatic carbocycles. The van der Waals surface area contributed by atoms with Crippen LogP contribution >= 0.6 is 11.6 Å². The van der Waals surface area contributed by atoms with Crippen molar-refractivity contribution in [2.75, 3.05) is 12.4 Å². The highest BCUT2D eigenvalue weighted by Gasteiger charge is 2.36. The normalized spacial score (nSPS) is 14.4. The van der Waals surface area contributed by atoms with Gasteiger partial charge in [-0.1, -0.05) is 48.0 Å². The van der Waals surface area contributed by atoms with Crippen molar-refractivity contribution in [3.05, 3.63) is 124 Å². The molecule has 3 heterocycles. The fourth-order valence-corrected chi connectivity index (χ4v) is 5.37. The van der Waals surface area contributed by atoms with E-state index in [-0.39, 0.29) is 12.1 Å². The summed E-state index contributed by atoms with van der Waals surface area (Å²) >= 11 is 6.28. The zero-order valence-corrected chi connectivity index (χ0v) is 22.7. The van der Waals surface area contributed by atoms with Gasteiger partial charge in [-0.3, -0.25) is 0 Å². The van der Waals surface area contributed by atoms with Crippen LogP contribution in [0.5, 0.6) is 5.75 Å². The van der Waals surface area contributed by atoms with E-state index in [0.717, 1.165) is 45.3 Å². The Morgan fingerprint density at radius 2 is 1.77 bits per heavy atom. The molecular weight excluding hydrogens is 510 g/mol. The Hall–Kier alpha value is -4.49. The molecule has 5 aromatic rings. The summed E-state index contributed by atoms with van der Waals surface area (Å²) in [7, 11) is 1.65. The van der Waals surface area contributed by atoms with Crippen LogP contribution in [0.1, 0.15) is 34.1 Å². The van der Waals surface area contributed by atoms with E-state index < -0.39 is 0 Å². The molecular formula is C31H28ClN5O2. The van der Waals surface area contributed by atoms with Crippen molar-refractivity contribution in [1.29, 1.82) is 0 Å². The molecule has 1 aliphatic rings. The predicted molar refractivity (Wildman–Crippen MR) is 153 cm³/mol. The number of urea groups is 1. The van der Waals surface area contributed by atoms with Gasteiger partial charge >= 0.3 is 6.03 Å². The molecule has 7 nitrogen and oxygen atoms in total. The Bertz CT molecular complexity index is 1660. The van der Waals surface area contributed by atoms with Crippen molar-refractivity contribution < 1.29 is 9.53 Å². The van der Waals surface area contributed by atoms with Gasteiger partial charge in [0.2, 0.25) is 0 Å². The van der Waals surface area contributed by atoms with Gasteiger partial charge in [-0.25, -0.2) is 9.48 Å². The molecule has 39 heavy (non-hydrogen) atoms. The summed E-state index contributed by atoms with van der Waals surface area (Å²) in [5.41, 5.74) is 6.32. The lowest BCUT2D eigenvalue weighted by Gasteiger charge is -2.31. The molecule has 8 heteroatoms. The second-order valence-corrected chi connectivity index (χ2v) is 10.1. The van der Waals surface area contributed by atoms with E-state index >= 15 is 0 Å². The van der Waals surface area contributed by atoms with Crippen molar-refractivity contribution in [3.8, 4) is 17.3 Å². The first-order valence-corrected chi connectivity index (χ1v) is 13.1. The first-order valence-electron chi connectivity index (χ1n) is 12.7. The fraction of sp³-hybridized carbons (Fsp3) is 0.161. The highest BCUT2D eigenvalue weighted by atomic mass is 35.5. The lowest BCUT2D eigenvalue weighted by Crippen LogP contribution is -2.38. The minimum absolute atomic E-state index is 0.228. The van der Waals surface area contributed by atoms with Crippen molar-refractivity contribution in [1.82, 2.24) is 19.2 Å². The van der Waals surface area contributed by atoms with Crippen molar-refractivity contribution in [2.45, 2.75) is 26.4 Å². The molecule has 1 atom stereocenters. The van der Waals surface area contributed by atoms with Crippen LogP contribution in [0.2, 0.25) is 5.02 Å². The summed E-state index contributed by atoms with van der Waals surface area (Å²) in [5.74, 6) is 1.68. The lowest BCUT2D eigenvalue weighted by atomic mass is 10.0. The Balaban J connectivity index is 1.53. The largest absolute Gasteiger partial charge is 0.497 e. The number of methoxy groups -OCH3 is 1. The third-order valence-corrected chi connectivity index (χ3v) is 7.46. The number of rotatable bonds is 4. The maximum atomic E-state index is 14.1. The fourth-order valence-electron chi connectivity index (χ4n) is 5.20. The van der Waals surface area contributed by atoms with Crippen LogP contribution in [0.15, 0.2) is 91.1 Å². The van der Waals surface area contributed by atoms with Gasteiger partial charge in [0.1, 0.15) is 11.6 Å². The van der Waals surface area contributed by atoms with E-state index in [1.165, 1.54) is 0 Å². The summed E-state index contributed by atoms with van der Waals surface area (Å²) in [6, 6.07) is 26.9. The average Bonchev–Trinajstić information content (AvgIpc) is 3.51. The number of nitrogens with zero attached hydrogens (tertiary/aromatic N) is 4. The van der Waals surface area contributed by atoms with E-state index in [2.05, 4.69) is 16.0 Å². The first-order chi connectivity index (χ1) is 18.9. The number of benzene rings is 3. The lowest BCUT2D eigenvalue weighted by molar-refractivity contribution is 0.194. The van der Waals surface area contributed by atoms with Crippen LogP contribution in [-0.4, -0.2) is 32.4 Å². The molecule has 196 valence electrons. The zero-order valence-electron chi connectivity index (χ0n) is 21.9. The van der Waals surface area contributed by atoms with Crippen molar-refractivity contribution in [2.24, 2.45) is 0 Å². The Morgan fingerprint density at radius 3 is 2.51 bits per heavy atom. The number of carbonyl (C=O) groups excluding carboxylic acids is 1. The van der Waals surface area contributed by atoms with Crippen LogP contribution in [0.3, 0.4) is 0 Å². The molecule has 0 bridgehead atoms. The molecule has 0 saturated carbocycles. The van der Waals surface area contributed by atoms with Gasteiger partial charge in [-0.15, -0.1) is 0 Å². The number of carbonyl (C=O) groups is 1. The SMILES string of the molecule is COc1ccc([C@H]2c3cccn3-c3c(c(C)nn3-c3ccccc3)CN2C(=O)Nc2cc(Cl)ccc2C)cc1. The maximum absolute atomic E-state index is 14.1. The number of amides is 2. The minimum Gasteiger partial charge on any atom is -0.497 e. The molecule has 0 spiro atoms. The summed E-state index contributed by atoms with van der Waals surface area (Å²) in [5, 5.41) is 8.60. The number of nitrogens with one attached hydrogen (secondary N) is 1. The molecule has 0 saturated heterocycles. The number of anilines is 1. The second-order valence-electron chi connectivity index (χ2n) is 9.63. The zero-order chi connectivity index (χ0) is 27.1. The van der Waals surface area contributed by atoms with Crippen molar-refractivity contribution in [3.63, 3.8) is 0 Å². The monoisotopic (exact) mass is 537 g/mol. The number of aromatic nitrogens is 3. The smallest absolute Gasteiger partial charge is 0.322 e. The molecule has 2 aromatic heterocycles. The van der Waals surface area contributed by atoms with Crippen LogP contribution in [-0.2, 0) is 6.54 Å². The standard InChI is InChI=1S/C31H28ClN5O2/c1-20-11-14-23(32)18-27(20)33-31(38)36-19-26-21(2)34-37(24-8-5-4-6-9-24)30(26)35-17-7-10-28(35)29(36)22-12-15-25(39-3)16-13-22/h4-18,29H,19H2,1-3H3,(H,33,38)/t29-/m0/s1. The van der Waals surface area contributed by atoms with E-state index in [1.807, 2.05) is 102 Å². The molecule has 6 rings (SSSR count). The van der Waals surface area contributed by atoms with Gasteiger partial charge < -0.3 is 19.5 Å². The number of para-hydroxylation sites is 1. The maximum Gasteiger partial charge on any atom is 0.322 e. The number of ether oxygens (including phenoxy) is 1. The molecule has 2 amide bonds. The number of hydrogen-bond acceptors (Lipinski definition) is 3. The number of halogens is 1. The molecule has 0 fully saturated rings. The number of fused-ring (bicyclic) bond motifs is 3. The summed E-state index contributed by atoms with van der Waals surface area (Å²) in [6.07, 6.45) is 2.04. The Labute approximate surface area is 232 Å². The number of hydrogen-bond donors (Lipinski definition) is 1. The molecule has 1 N–H and O–H groups in total. The summed E-state index contributed by atoms with van der Waals surface area (Å²) in [6.45, 7) is 4.30. The van der Waals surface area contributed by atoms with Gasteiger partial charge in [0, 0.05) is 22.5 Å². The minimum atomic E-state index is -0.374. The third kappa shape index (κ3) is 4.45. The Kier molecular flexibility index (Phi) is 6.37. The van der Waals surface area contributed by atoms with E-state index in [0.29, 0.717) is 17.3 Å². The van der Waals surface area contributed by atoms with Crippen LogP contribution < -0.4 is 10.1 Å². The van der Waals surface area contributed by atoms with Gasteiger partial charge in [0.15, 0.2) is 0 Å². The molecule has 0 unspecified atom stereocenters. The third-order valence-electron chi connectivity index (χ3n) is 7.22. The summed E-state index contributed by atoms with van der Waals surface area (Å²) in [4.78, 5) is 16.0. The van der Waals surface area contributed by atoms with Crippen molar-refractivity contribution >= 4 is 23.3 Å². The van der Waals surface area contributed by atoms with Gasteiger partial charge in [-0.05, 0) is 73.5 Å². The molecule has 3 aromatic carbocycles. The predicted octanol–water partition coefficient (Wildman–Crippen LogP) is 7.08. The highest BCUT2D eigenvalue weighted by molar-refractivity contribution is 6.31. The summed E-state index contributed by atoms with van der Waals surface area (Å²) < 4.78 is 9.52. The van der Waals surface area contributed by atoms with E-state index in [9.17, 15) is 4.79 Å². The quantitative estimate of drug-likeness (QED) is 0.266. The van der Waals surface area contributed by atoms with E-state index in [1.54, 1.807) is 13.2 Å². The van der Waals surface area contributed by atoms with Crippen LogP contribution in [0.4, 0.5) is 10.5 Å². The molecule has 0 radical (unpaired) electrons. The average molecular weight is 538 g/mol. The Morgan fingerprint density at radius 1 is 1.00 bits per heavy atom. The number of aryl methyl sites for hydroxylation is 2. The van der Waals surface area contributed by atoms with Crippen LogP contribution in [0, 0.1) is 13.8 Å². The van der Waals surface area contributed by atoms with Gasteiger partial charge in [0.25, 0.3) is 0 Å². The second kappa shape index (κ2) is 10.0. The van der Waals surface area contributed by atoms with Crippen LogP contribution in [0.25, 0.3) is 11.5 Å².